The monoisotopic (exact) mass is 341 g/mol. The normalized spacial score (nSPS) is 10.3. The first kappa shape index (κ1) is 14.0. The molecule has 0 saturated heterocycles. The third-order valence-corrected chi connectivity index (χ3v) is 3.84. The van der Waals surface area contributed by atoms with Crippen molar-refractivity contribution in [3.8, 4) is 0 Å². The number of amides is 1. The predicted octanol–water partition coefficient (Wildman–Crippen LogP) is 4.80. The Balaban J connectivity index is 2.20. The summed E-state index contributed by atoms with van der Waals surface area (Å²) in [4.78, 5) is 12.0. The van der Waals surface area contributed by atoms with E-state index in [1.165, 1.54) is 6.07 Å². The second kappa shape index (κ2) is 5.72. The van der Waals surface area contributed by atoms with Crippen LogP contribution >= 0.6 is 27.5 Å². The zero-order valence-electron chi connectivity index (χ0n) is 10.0. The molecule has 19 heavy (non-hydrogen) atoms. The van der Waals surface area contributed by atoms with Gasteiger partial charge in [-0.1, -0.05) is 17.7 Å². The maximum absolute atomic E-state index is 13.4. The summed E-state index contributed by atoms with van der Waals surface area (Å²) in [6.45, 7) is 1.66. The summed E-state index contributed by atoms with van der Waals surface area (Å²) in [6.07, 6.45) is 0. The molecule has 0 spiro atoms. The quantitative estimate of drug-likeness (QED) is 0.834. The van der Waals surface area contributed by atoms with Crippen LogP contribution in [-0.4, -0.2) is 5.91 Å². The average Bonchev–Trinajstić information content (AvgIpc) is 2.37. The maximum atomic E-state index is 13.4. The molecular weight excluding hydrogens is 333 g/mol. The lowest BCUT2D eigenvalue weighted by atomic mass is 10.2. The van der Waals surface area contributed by atoms with Gasteiger partial charge in [-0.3, -0.25) is 4.79 Å². The van der Waals surface area contributed by atoms with Crippen molar-refractivity contribution in [2.45, 2.75) is 6.92 Å². The van der Waals surface area contributed by atoms with Crippen molar-refractivity contribution in [1.82, 2.24) is 0 Å². The van der Waals surface area contributed by atoms with E-state index in [9.17, 15) is 9.18 Å². The number of nitrogens with one attached hydrogen (secondary N) is 1. The molecule has 0 unspecified atom stereocenters. The van der Waals surface area contributed by atoms with Crippen LogP contribution in [0.2, 0.25) is 5.02 Å². The lowest BCUT2D eigenvalue weighted by Gasteiger charge is -2.07. The standard InChI is InChI=1S/C14H10BrClFNO/c1-8-2-4-10(7-13(8)17)18-14(19)9-3-5-11(15)12(16)6-9/h2-7H,1H3,(H,18,19). The minimum absolute atomic E-state index is 0.336. The van der Waals surface area contributed by atoms with Gasteiger partial charge in [0.15, 0.2) is 0 Å². The second-order valence-corrected chi connectivity index (χ2v) is 5.31. The van der Waals surface area contributed by atoms with Crippen LogP contribution in [0.5, 0.6) is 0 Å². The van der Waals surface area contributed by atoms with Gasteiger partial charge in [-0.25, -0.2) is 4.39 Å². The average molecular weight is 343 g/mol. The summed E-state index contributed by atoms with van der Waals surface area (Å²) in [5.74, 6) is -0.690. The Morgan fingerprint density at radius 2 is 2.00 bits per heavy atom. The number of anilines is 1. The van der Waals surface area contributed by atoms with Crippen molar-refractivity contribution >= 4 is 39.1 Å². The lowest BCUT2D eigenvalue weighted by Crippen LogP contribution is -2.12. The molecule has 0 radical (unpaired) electrons. The van der Waals surface area contributed by atoms with Gasteiger partial charge in [0.05, 0.1) is 5.02 Å². The van der Waals surface area contributed by atoms with Gasteiger partial charge >= 0.3 is 0 Å². The van der Waals surface area contributed by atoms with E-state index in [2.05, 4.69) is 21.2 Å². The zero-order valence-corrected chi connectivity index (χ0v) is 12.3. The highest BCUT2D eigenvalue weighted by Crippen LogP contribution is 2.23. The topological polar surface area (TPSA) is 29.1 Å². The number of rotatable bonds is 2. The Morgan fingerprint density at radius 1 is 1.26 bits per heavy atom. The van der Waals surface area contributed by atoms with Crippen LogP contribution in [0, 0.1) is 12.7 Å². The summed E-state index contributed by atoms with van der Waals surface area (Å²) in [5.41, 5.74) is 1.35. The first-order valence-corrected chi connectivity index (χ1v) is 6.67. The number of carbonyl (C=O) groups excluding carboxylic acids is 1. The highest BCUT2D eigenvalue weighted by molar-refractivity contribution is 9.10. The van der Waals surface area contributed by atoms with Crippen LogP contribution in [-0.2, 0) is 0 Å². The van der Waals surface area contributed by atoms with Crippen LogP contribution in [0.4, 0.5) is 10.1 Å². The molecule has 2 nitrogen and oxygen atoms in total. The zero-order chi connectivity index (χ0) is 14.0. The van der Waals surface area contributed by atoms with Crippen LogP contribution in [0.25, 0.3) is 0 Å². The minimum atomic E-state index is -0.355. The molecule has 2 rings (SSSR count). The molecule has 0 atom stereocenters. The van der Waals surface area contributed by atoms with Crippen molar-refractivity contribution in [2.24, 2.45) is 0 Å². The number of carbonyl (C=O) groups is 1. The van der Waals surface area contributed by atoms with Crippen molar-refractivity contribution in [3.63, 3.8) is 0 Å². The maximum Gasteiger partial charge on any atom is 0.255 e. The largest absolute Gasteiger partial charge is 0.322 e. The highest BCUT2D eigenvalue weighted by atomic mass is 79.9. The smallest absolute Gasteiger partial charge is 0.255 e. The van der Waals surface area contributed by atoms with E-state index in [0.717, 1.165) is 0 Å². The summed E-state index contributed by atoms with van der Waals surface area (Å²) in [5, 5.41) is 3.07. The van der Waals surface area contributed by atoms with Gasteiger partial charge in [-0.05, 0) is 58.7 Å². The van der Waals surface area contributed by atoms with E-state index < -0.39 is 0 Å². The third-order valence-electron chi connectivity index (χ3n) is 2.61. The molecule has 0 aromatic heterocycles. The van der Waals surface area contributed by atoms with Gasteiger partial charge in [0.1, 0.15) is 5.82 Å². The Kier molecular flexibility index (Phi) is 4.22. The van der Waals surface area contributed by atoms with Gasteiger partial charge in [-0.15, -0.1) is 0 Å². The Bertz CT molecular complexity index is 645. The van der Waals surface area contributed by atoms with Crippen molar-refractivity contribution in [3.05, 3.63) is 62.8 Å². The van der Waals surface area contributed by atoms with E-state index in [4.69, 9.17) is 11.6 Å². The first-order valence-electron chi connectivity index (χ1n) is 5.50. The molecule has 98 valence electrons. The van der Waals surface area contributed by atoms with Crippen LogP contribution in [0.1, 0.15) is 15.9 Å². The van der Waals surface area contributed by atoms with E-state index in [1.54, 1.807) is 37.3 Å². The van der Waals surface area contributed by atoms with Gasteiger partial charge in [0, 0.05) is 15.7 Å². The van der Waals surface area contributed by atoms with Gasteiger partial charge in [0.2, 0.25) is 0 Å². The van der Waals surface area contributed by atoms with Gasteiger partial charge < -0.3 is 5.32 Å². The molecule has 0 aliphatic carbocycles. The predicted molar refractivity (Wildman–Crippen MR) is 78.2 cm³/mol. The number of hydrogen-bond donors (Lipinski definition) is 1. The Hall–Kier alpha value is -1.39. The molecule has 0 aliphatic heterocycles. The Morgan fingerprint density at radius 3 is 2.63 bits per heavy atom. The van der Waals surface area contributed by atoms with E-state index >= 15 is 0 Å². The molecule has 0 bridgehead atoms. The molecule has 1 N–H and O–H groups in total. The van der Waals surface area contributed by atoms with E-state index in [0.29, 0.717) is 26.3 Å². The molecule has 5 heteroatoms. The molecule has 0 saturated carbocycles. The highest BCUT2D eigenvalue weighted by Gasteiger charge is 2.09. The van der Waals surface area contributed by atoms with Crippen LogP contribution in [0.3, 0.4) is 0 Å². The molecule has 0 heterocycles. The minimum Gasteiger partial charge on any atom is -0.322 e. The molecule has 0 aliphatic rings. The first-order chi connectivity index (χ1) is 8.97. The van der Waals surface area contributed by atoms with Crippen molar-refractivity contribution in [2.75, 3.05) is 5.32 Å². The van der Waals surface area contributed by atoms with Gasteiger partial charge in [0.25, 0.3) is 5.91 Å². The SMILES string of the molecule is Cc1ccc(NC(=O)c2ccc(Br)c(Cl)c2)cc1F. The van der Waals surface area contributed by atoms with Crippen molar-refractivity contribution in [1.29, 1.82) is 0 Å². The molecule has 0 fully saturated rings. The van der Waals surface area contributed by atoms with Gasteiger partial charge in [-0.2, -0.15) is 0 Å². The molecule has 1 amide bonds. The van der Waals surface area contributed by atoms with Crippen LogP contribution < -0.4 is 5.32 Å². The number of aryl methyl sites for hydroxylation is 1. The lowest BCUT2D eigenvalue weighted by molar-refractivity contribution is 0.102. The number of halogens is 3. The Labute approximate surface area is 123 Å². The van der Waals surface area contributed by atoms with Crippen molar-refractivity contribution < 1.29 is 9.18 Å². The fourth-order valence-electron chi connectivity index (χ4n) is 1.51. The van der Waals surface area contributed by atoms with Crippen LogP contribution in [0.15, 0.2) is 40.9 Å². The number of benzene rings is 2. The fourth-order valence-corrected chi connectivity index (χ4v) is 1.94. The summed E-state index contributed by atoms with van der Waals surface area (Å²) >= 11 is 9.17. The van der Waals surface area contributed by atoms with E-state index in [-0.39, 0.29) is 11.7 Å². The summed E-state index contributed by atoms with van der Waals surface area (Å²) in [7, 11) is 0. The second-order valence-electron chi connectivity index (χ2n) is 4.05. The summed E-state index contributed by atoms with van der Waals surface area (Å²) < 4.78 is 14.1. The van der Waals surface area contributed by atoms with E-state index in [1.807, 2.05) is 0 Å². The molecule has 2 aromatic rings. The third kappa shape index (κ3) is 3.33. The number of hydrogen-bond acceptors (Lipinski definition) is 1. The molecule has 2 aromatic carbocycles. The molecular formula is C14H10BrClFNO. The fraction of sp³-hybridized carbons (Fsp3) is 0.0714. The summed E-state index contributed by atoms with van der Waals surface area (Å²) in [6, 6.07) is 9.41.